The summed E-state index contributed by atoms with van der Waals surface area (Å²) in [5.74, 6) is -3.66. The molecule has 3 aromatic carbocycles. The van der Waals surface area contributed by atoms with Gasteiger partial charge in [-0.25, -0.2) is 8.78 Å². The van der Waals surface area contributed by atoms with Gasteiger partial charge in [0.1, 0.15) is 18.9 Å². The highest BCUT2D eigenvalue weighted by Crippen LogP contribution is 2.45. The second kappa shape index (κ2) is 8.50. The number of benzene rings is 3. The third kappa shape index (κ3) is 3.62. The Hall–Kier alpha value is -3.00. The molecule has 0 saturated carbocycles. The van der Waals surface area contributed by atoms with Crippen molar-refractivity contribution in [2.45, 2.75) is 30.7 Å². The molecule has 0 bridgehead atoms. The van der Waals surface area contributed by atoms with Crippen molar-refractivity contribution >= 4 is 11.4 Å². The zero-order chi connectivity index (χ0) is 22.9. The fourth-order valence-electron chi connectivity index (χ4n) is 4.32. The van der Waals surface area contributed by atoms with Crippen LogP contribution in [0.15, 0.2) is 78.9 Å². The summed E-state index contributed by atoms with van der Waals surface area (Å²) in [7, 11) is 0. The van der Waals surface area contributed by atoms with Gasteiger partial charge in [-0.05, 0) is 35.7 Å². The molecule has 1 aliphatic heterocycles. The summed E-state index contributed by atoms with van der Waals surface area (Å²) in [6, 6.07) is 23.1. The van der Waals surface area contributed by atoms with Crippen LogP contribution < -0.4 is 10.2 Å². The van der Waals surface area contributed by atoms with Crippen LogP contribution in [-0.2, 0) is 5.60 Å². The van der Waals surface area contributed by atoms with Gasteiger partial charge in [0.15, 0.2) is 5.60 Å². The van der Waals surface area contributed by atoms with Crippen LogP contribution in [0, 0.1) is 0 Å². The number of hydrogen-bond donors (Lipinski definition) is 4. The van der Waals surface area contributed by atoms with Gasteiger partial charge in [0.05, 0.1) is 11.4 Å². The van der Waals surface area contributed by atoms with Gasteiger partial charge in [0, 0.05) is 6.54 Å². The Labute approximate surface area is 185 Å². The summed E-state index contributed by atoms with van der Waals surface area (Å²) in [4.78, 5) is 1.89. The molecule has 0 spiro atoms. The first-order valence-electron chi connectivity index (χ1n) is 10.5. The molecule has 0 radical (unpaired) electrons. The van der Waals surface area contributed by atoms with Crippen molar-refractivity contribution in [1.29, 1.82) is 0 Å². The van der Waals surface area contributed by atoms with Crippen molar-refractivity contribution in [2.24, 2.45) is 0 Å². The topological polar surface area (TPSA) is 76.0 Å². The second-order valence-corrected chi connectivity index (χ2v) is 7.93. The third-order valence-corrected chi connectivity index (χ3v) is 6.03. The van der Waals surface area contributed by atoms with E-state index in [1.807, 2.05) is 72.5 Å². The van der Waals surface area contributed by atoms with Gasteiger partial charge >= 0.3 is 0 Å². The molecule has 0 amide bonds. The summed E-state index contributed by atoms with van der Waals surface area (Å²) in [6.07, 6.45) is -2.77. The molecule has 0 aliphatic carbocycles. The van der Waals surface area contributed by atoms with Crippen molar-refractivity contribution in [3.05, 3.63) is 95.6 Å². The van der Waals surface area contributed by atoms with Crippen LogP contribution in [0.25, 0.3) is 0 Å². The molecule has 2 unspecified atom stereocenters. The number of alkyl halides is 2. The van der Waals surface area contributed by atoms with Crippen LogP contribution in [0.4, 0.5) is 20.2 Å². The lowest BCUT2D eigenvalue weighted by atomic mass is 9.83. The smallest absolute Gasteiger partial charge is 0.300 e. The number of rotatable bonds is 7. The molecule has 3 aromatic rings. The number of halogens is 2. The predicted molar refractivity (Wildman–Crippen MR) is 120 cm³/mol. The number of aliphatic hydroxyl groups excluding tert-OH is 2. The average molecular weight is 440 g/mol. The fourth-order valence-corrected chi connectivity index (χ4v) is 4.32. The maximum absolute atomic E-state index is 13.9. The Morgan fingerprint density at radius 2 is 1.53 bits per heavy atom. The predicted octanol–water partition coefficient (Wildman–Crippen LogP) is 3.86. The first-order chi connectivity index (χ1) is 15.3. The minimum Gasteiger partial charge on any atom is -0.390 e. The van der Waals surface area contributed by atoms with Gasteiger partial charge in [0.2, 0.25) is 0 Å². The molecule has 5 nitrogen and oxygen atoms in total. The van der Waals surface area contributed by atoms with Crippen molar-refractivity contribution in [2.75, 3.05) is 23.4 Å². The van der Waals surface area contributed by atoms with Gasteiger partial charge < -0.3 is 25.5 Å². The number of aliphatic hydroxyl groups is 3. The lowest BCUT2D eigenvalue weighted by Crippen LogP contribution is -2.53. The standard InChI is InChI=1S/C25H26F2N2O3/c1-2-29-21-15-17(22(31)24(26,27)16-30)13-14-20(21)28-23(29)25(32,18-9-5-3-6-10-18)19-11-7-4-8-12-19/h3-15,22-23,28,30-32H,2,16H2,1H3. The summed E-state index contributed by atoms with van der Waals surface area (Å²) < 4.78 is 27.8. The van der Waals surface area contributed by atoms with Gasteiger partial charge in [-0.15, -0.1) is 0 Å². The first-order valence-corrected chi connectivity index (χ1v) is 10.5. The number of likely N-dealkylation sites (N-methyl/N-ethyl adjacent to an activating group) is 1. The Kier molecular flexibility index (Phi) is 5.90. The SMILES string of the molecule is CCN1c2cc(C(O)C(F)(F)CO)ccc2NC1C(O)(c1ccccc1)c1ccccc1. The van der Waals surface area contributed by atoms with Crippen LogP contribution in [0.5, 0.6) is 0 Å². The van der Waals surface area contributed by atoms with E-state index in [0.717, 1.165) is 0 Å². The molecule has 0 aromatic heterocycles. The summed E-state index contributed by atoms with van der Waals surface area (Å²) in [6.45, 7) is 0.930. The van der Waals surface area contributed by atoms with Crippen LogP contribution >= 0.6 is 0 Å². The summed E-state index contributed by atoms with van der Waals surface area (Å²) in [5, 5.41) is 34.6. The molecule has 0 saturated heterocycles. The number of nitrogens with zero attached hydrogens (tertiary/aromatic N) is 1. The zero-order valence-electron chi connectivity index (χ0n) is 17.6. The van der Waals surface area contributed by atoms with E-state index < -0.39 is 30.4 Å². The molecule has 4 rings (SSSR count). The van der Waals surface area contributed by atoms with E-state index in [1.165, 1.54) is 12.1 Å². The number of anilines is 2. The molecule has 2 atom stereocenters. The fraction of sp³-hybridized carbons (Fsp3) is 0.280. The Morgan fingerprint density at radius 3 is 2.03 bits per heavy atom. The third-order valence-electron chi connectivity index (χ3n) is 6.03. The van der Waals surface area contributed by atoms with Gasteiger partial charge in [0.25, 0.3) is 5.92 Å². The van der Waals surface area contributed by atoms with Crippen molar-refractivity contribution in [3.63, 3.8) is 0 Å². The lowest BCUT2D eigenvalue weighted by molar-refractivity contribution is -0.138. The maximum atomic E-state index is 13.9. The Bertz CT molecular complexity index is 1020. The lowest BCUT2D eigenvalue weighted by Gasteiger charge is -2.40. The van der Waals surface area contributed by atoms with E-state index in [4.69, 9.17) is 5.11 Å². The zero-order valence-corrected chi connectivity index (χ0v) is 17.6. The van der Waals surface area contributed by atoms with E-state index in [-0.39, 0.29) is 5.56 Å². The first kappa shape index (κ1) is 22.2. The summed E-state index contributed by atoms with van der Waals surface area (Å²) >= 11 is 0. The Balaban J connectivity index is 1.80. The van der Waals surface area contributed by atoms with Crippen molar-refractivity contribution in [1.82, 2.24) is 0 Å². The van der Waals surface area contributed by atoms with Crippen molar-refractivity contribution in [3.8, 4) is 0 Å². The van der Waals surface area contributed by atoms with Crippen molar-refractivity contribution < 1.29 is 24.1 Å². The largest absolute Gasteiger partial charge is 0.390 e. The monoisotopic (exact) mass is 440 g/mol. The summed E-state index contributed by atoms with van der Waals surface area (Å²) in [5.41, 5.74) is 1.15. The highest BCUT2D eigenvalue weighted by molar-refractivity contribution is 5.78. The van der Waals surface area contributed by atoms with Crippen LogP contribution in [-0.4, -0.2) is 40.6 Å². The molecular weight excluding hydrogens is 414 g/mol. The number of hydrogen-bond acceptors (Lipinski definition) is 5. The molecule has 1 aliphatic rings. The highest BCUT2D eigenvalue weighted by Gasteiger charge is 2.47. The van der Waals surface area contributed by atoms with Crippen LogP contribution in [0.2, 0.25) is 0 Å². The van der Waals surface area contributed by atoms with Gasteiger partial charge in [-0.3, -0.25) is 0 Å². The molecule has 32 heavy (non-hydrogen) atoms. The second-order valence-electron chi connectivity index (χ2n) is 7.93. The highest BCUT2D eigenvalue weighted by atomic mass is 19.3. The quantitative estimate of drug-likeness (QED) is 0.449. The average Bonchev–Trinajstić information content (AvgIpc) is 3.22. The van der Waals surface area contributed by atoms with E-state index in [1.54, 1.807) is 6.07 Å². The van der Waals surface area contributed by atoms with Crippen LogP contribution in [0.1, 0.15) is 29.7 Å². The number of nitrogens with one attached hydrogen (secondary N) is 1. The normalized spacial score (nSPS) is 17.1. The van der Waals surface area contributed by atoms with Gasteiger partial charge in [-0.1, -0.05) is 66.7 Å². The minimum atomic E-state index is -3.66. The van der Waals surface area contributed by atoms with E-state index in [0.29, 0.717) is 29.0 Å². The molecule has 0 fully saturated rings. The van der Waals surface area contributed by atoms with Crippen LogP contribution in [0.3, 0.4) is 0 Å². The molecule has 168 valence electrons. The number of fused-ring (bicyclic) bond motifs is 1. The maximum Gasteiger partial charge on any atom is 0.300 e. The van der Waals surface area contributed by atoms with E-state index >= 15 is 0 Å². The minimum absolute atomic E-state index is 0.00772. The molecule has 4 N–H and O–H groups in total. The Morgan fingerprint density at radius 1 is 0.969 bits per heavy atom. The van der Waals surface area contributed by atoms with E-state index in [2.05, 4.69) is 5.32 Å². The molecule has 1 heterocycles. The van der Waals surface area contributed by atoms with Gasteiger partial charge in [-0.2, -0.15) is 0 Å². The molecule has 7 heteroatoms. The molecular formula is C25H26F2N2O3. The van der Waals surface area contributed by atoms with E-state index in [9.17, 15) is 19.0 Å².